The molecular formula is C20H32O5. The summed E-state index contributed by atoms with van der Waals surface area (Å²) in [5.74, 6) is -0.472. The van der Waals surface area contributed by atoms with E-state index in [9.17, 15) is 25.5 Å². The Morgan fingerprint density at radius 3 is 2.24 bits per heavy atom. The molecule has 0 amide bonds. The zero-order chi connectivity index (χ0) is 18.9. The Bertz CT molecular complexity index is 634. The average molecular weight is 352 g/mol. The molecule has 0 aromatic rings. The normalized spacial score (nSPS) is 50.1. The van der Waals surface area contributed by atoms with Gasteiger partial charge in [-0.05, 0) is 48.7 Å². The molecule has 5 heteroatoms. The number of hydrogen-bond acceptors (Lipinski definition) is 5. The summed E-state index contributed by atoms with van der Waals surface area (Å²) in [5, 5.41) is 54.3. The molecule has 0 aliphatic heterocycles. The SMILES string of the molecule is CC1=C2/C(O)=C3/C[C@H](O)[C@@H](C)[C@H]([C@@H](O)[C@H](O)[C@]2(C)CC[C@@H]1O)C3(C)C. The first-order valence-corrected chi connectivity index (χ1v) is 9.31. The first-order chi connectivity index (χ1) is 11.4. The van der Waals surface area contributed by atoms with Crippen molar-refractivity contribution in [2.45, 2.75) is 78.3 Å². The molecular weight excluding hydrogens is 320 g/mol. The lowest BCUT2D eigenvalue weighted by Crippen LogP contribution is -2.58. The Morgan fingerprint density at radius 2 is 1.64 bits per heavy atom. The largest absolute Gasteiger partial charge is 0.508 e. The van der Waals surface area contributed by atoms with E-state index >= 15 is 0 Å². The second kappa shape index (κ2) is 5.81. The van der Waals surface area contributed by atoms with E-state index in [1.165, 1.54) is 0 Å². The van der Waals surface area contributed by atoms with Gasteiger partial charge < -0.3 is 25.5 Å². The Morgan fingerprint density at radius 1 is 1.04 bits per heavy atom. The molecule has 5 nitrogen and oxygen atoms in total. The van der Waals surface area contributed by atoms with E-state index in [1.54, 1.807) is 6.92 Å². The third-order valence-electron chi connectivity index (χ3n) is 7.47. The van der Waals surface area contributed by atoms with Gasteiger partial charge in [0, 0.05) is 16.9 Å². The van der Waals surface area contributed by atoms with Crippen LogP contribution in [0.4, 0.5) is 0 Å². The van der Waals surface area contributed by atoms with Gasteiger partial charge >= 0.3 is 0 Å². The fourth-order valence-corrected chi connectivity index (χ4v) is 5.77. The molecule has 0 aromatic heterocycles. The summed E-state index contributed by atoms with van der Waals surface area (Å²) in [6.45, 7) is 9.45. The molecule has 7 atom stereocenters. The molecule has 3 aliphatic carbocycles. The topological polar surface area (TPSA) is 101 Å². The molecule has 25 heavy (non-hydrogen) atoms. The number of hydrogen-bond donors (Lipinski definition) is 5. The first kappa shape index (κ1) is 18.9. The molecule has 0 unspecified atom stereocenters. The third-order valence-corrected chi connectivity index (χ3v) is 7.47. The van der Waals surface area contributed by atoms with Crippen LogP contribution in [0.15, 0.2) is 22.5 Å². The van der Waals surface area contributed by atoms with Crippen molar-refractivity contribution in [3.63, 3.8) is 0 Å². The van der Waals surface area contributed by atoms with Crippen molar-refractivity contribution >= 4 is 0 Å². The van der Waals surface area contributed by atoms with Crippen molar-refractivity contribution < 1.29 is 25.5 Å². The quantitative estimate of drug-likeness (QED) is 0.459. The van der Waals surface area contributed by atoms with Crippen LogP contribution in [0.2, 0.25) is 0 Å². The molecule has 5 N–H and O–H groups in total. The van der Waals surface area contributed by atoms with Crippen molar-refractivity contribution in [3.8, 4) is 0 Å². The van der Waals surface area contributed by atoms with Gasteiger partial charge in [-0.25, -0.2) is 0 Å². The average Bonchev–Trinajstić information content (AvgIpc) is 2.53. The molecule has 0 saturated heterocycles. The number of fused-ring (bicyclic) bond motifs is 3. The van der Waals surface area contributed by atoms with Crippen molar-refractivity contribution in [3.05, 3.63) is 22.5 Å². The van der Waals surface area contributed by atoms with Gasteiger partial charge in [0.15, 0.2) is 0 Å². The second-order valence-corrected chi connectivity index (χ2v) is 9.17. The van der Waals surface area contributed by atoms with Crippen molar-refractivity contribution in [1.29, 1.82) is 0 Å². The minimum atomic E-state index is -1.08. The molecule has 0 spiro atoms. The first-order valence-electron chi connectivity index (χ1n) is 9.31. The van der Waals surface area contributed by atoms with Crippen molar-refractivity contribution in [2.24, 2.45) is 22.7 Å². The van der Waals surface area contributed by atoms with Gasteiger partial charge in [-0.15, -0.1) is 0 Å². The zero-order valence-electron chi connectivity index (χ0n) is 15.8. The molecule has 2 bridgehead atoms. The maximum absolute atomic E-state index is 11.2. The highest BCUT2D eigenvalue weighted by atomic mass is 16.3. The molecule has 1 saturated carbocycles. The smallest absolute Gasteiger partial charge is 0.119 e. The van der Waals surface area contributed by atoms with E-state index in [-0.39, 0.29) is 17.6 Å². The molecule has 3 aliphatic rings. The van der Waals surface area contributed by atoms with Gasteiger partial charge in [0.05, 0.1) is 24.4 Å². The second-order valence-electron chi connectivity index (χ2n) is 9.17. The highest BCUT2D eigenvalue weighted by Crippen LogP contribution is 2.58. The highest BCUT2D eigenvalue weighted by molar-refractivity contribution is 5.46. The van der Waals surface area contributed by atoms with Crippen LogP contribution < -0.4 is 0 Å². The van der Waals surface area contributed by atoms with Crippen molar-refractivity contribution in [1.82, 2.24) is 0 Å². The van der Waals surface area contributed by atoms with Gasteiger partial charge in [-0.3, -0.25) is 0 Å². The van der Waals surface area contributed by atoms with Gasteiger partial charge in [-0.1, -0.05) is 27.7 Å². The summed E-state index contributed by atoms with van der Waals surface area (Å²) in [5.41, 5.74) is 0.506. The van der Waals surface area contributed by atoms with Crippen LogP contribution in [0.5, 0.6) is 0 Å². The number of aliphatic hydroxyl groups is 5. The molecule has 0 radical (unpaired) electrons. The number of rotatable bonds is 0. The third kappa shape index (κ3) is 2.43. The van der Waals surface area contributed by atoms with Crippen LogP contribution in [-0.2, 0) is 0 Å². The Balaban J connectivity index is 2.35. The summed E-state index contributed by atoms with van der Waals surface area (Å²) in [7, 11) is 0. The summed E-state index contributed by atoms with van der Waals surface area (Å²) >= 11 is 0. The minimum absolute atomic E-state index is 0.0886. The minimum Gasteiger partial charge on any atom is -0.508 e. The maximum atomic E-state index is 11.2. The standard InChI is InChI=1S/C20H32O5/c1-9-12(21)6-7-20(5)15(9)16(23)11-8-13(22)10(2)14(19(11,3)4)17(24)18(20)25/h10,12-14,17-18,21-25H,6-8H2,1-5H3/b16-11+/t10-,12+,13+,14-,17-,18+,20-/m1/s1. The van der Waals surface area contributed by atoms with E-state index in [0.717, 1.165) is 0 Å². The van der Waals surface area contributed by atoms with E-state index in [0.29, 0.717) is 36.0 Å². The summed E-state index contributed by atoms with van der Waals surface area (Å²) < 4.78 is 0. The van der Waals surface area contributed by atoms with Gasteiger partial charge in [0.1, 0.15) is 5.76 Å². The Hall–Kier alpha value is -0.880. The van der Waals surface area contributed by atoms with E-state index in [2.05, 4.69) is 0 Å². The van der Waals surface area contributed by atoms with Crippen molar-refractivity contribution in [2.75, 3.05) is 0 Å². The lowest BCUT2D eigenvalue weighted by molar-refractivity contribution is -0.136. The highest BCUT2D eigenvalue weighted by Gasteiger charge is 2.57. The van der Waals surface area contributed by atoms with Crippen LogP contribution in [0, 0.1) is 22.7 Å². The molecule has 1 fully saturated rings. The van der Waals surface area contributed by atoms with Crippen LogP contribution in [0.25, 0.3) is 0 Å². The predicted octanol–water partition coefficient (Wildman–Crippen LogP) is 2.05. The fourth-order valence-electron chi connectivity index (χ4n) is 5.77. The van der Waals surface area contributed by atoms with Gasteiger partial charge in [0.25, 0.3) is 0 Å². The summed E-state index contributed by atoms with van der Waals surface area (Å²) in [4.78, 5) is 0. The van der Waals surface area contributed by atoms with E-state index in [4.69, 9.17) is 0 Å². The van der Waals surface area contributed by atoms with Crippen LogP contribution in [0.1, 0.15) is 53.9 Å². The van der Waals surface area contributed by atoms with Crippen LogP contribution >= 0.6 is 0 Å². The molecule has 142 valence electrons. The zero-order valence-corrected chi connectivity index (χ0v) is 15.8. The summed E-state index contributed by atoms with van der Waals surface area (Å²) in [6, 6.07) is 0. The van der Waals surface area contributed by atoms with Gasteiger partial charge in [0.2, 0.25) is 0 Å². The van der Waals surface area contributed by atoms with Crippen LogP contribution in [0.3, 0.4) is 0 Å². The molecule has 3 rings (SSSR count). The van der Waals surface area contributed by atoms with Crippen LogP contribution in [-0.4, -0.2) is 49.9 Å². The lowest BCUT2D eigenvalue weighted by Gasteiger charge is -2.55. The number of allylic oxidation sites excluding steroid dienone is 1. The Labute approximate surface area is 149 Å². The van der Waals surface area contributed by atoms with E-state index < -0.39 is 35.2 Å². The van der Waals surface area contributed by atoms with E-state index in [1.807, 2.05) is 27.7 Å². The lowest BCUT2D eigenvalue weighted by atomic mass is 9.52. The number of aliphatic hydroxyl groups excluding tert-OH is 5. The maximum Gasteiger partial charge on any atom is 0.119 e. The fraction of sp³-hybridized carbons (Fsp3) is 0.800. The molecule has 0 heterocycles. The predicted molar refractivity (Wildman–Crippen MR) is 94.8 cm³/mol. The van der Waals surface area contributed by atoms with Gasteiger partial charge in [-0.2, -0.15) is 0 Å². The monoisotopic (exact) mass is 352 g/mol. The Kier molecular flexibility index (Phi) is 4.39. The summed E-state index contributed by atoms with van der Waals surface area (Å²) in [6.07, 6.45) is -2.14. The molecule has 0 aromatic carbocycles.